The molecule has 0 aliphatic heterocycles. The molecule has 3 nitrogen and oxygen atoms in total. The molecule has 3 rings (SSSR count). The molecule has 3 heteroatoms. The molecule has 0 aromatic carbocycles. The highest BCUT2D eigenvalue weighted by Gasteiger charge is 2.57. The van der Waals surface area contributed by atoms with Gasteiger partial charge in [-0.3, -0.25) is 4.98 Å². The maximum atomic E-state index is 6.16. The fourth-order valence-corrected chi connectivity index (χ4v) is 3.73. The number of nitrogens with zero attached hydrogens (tertiary/aromatic N) is 1. The predicted molar refractivity (Wildman–Crippen MR) is 71.6 cm³/mol. The van der Waals surface area contributed by atoms with Crippen molar-refractivity contribution in [2.24, 2.45) is 5.41 Å². The summed E-state index contributed by atoms with van der Waals surface area (Å²) >= 11 is 0. The molecule has 0 radical (unpaired) electrons. The first-order valence-electron chi connectivity index (χ1n) is 7.15. The molecule has 2 aliphatic carbocycles. The second-order valence-electron chi connectivity index (χ2n) is 5.58. The van der Waals surface area contributed by atoms with Gasteiger partial charge in [-0.05, 0) is 31.5 Å². The second-order valence-corrected chi connectivity index (χ2v) is 5.58. The molecule has 1 aromatic rings. The monoisotopic (exact) mass is 246 g/mol. The number of aromatic nitrogens is 1. The number of nitrogens with one attached hydrogen (secondary N) is 1. The van der Waals surface area contributed by atoms with Gasteiger partial charge in [0.05, 0.1) is 6.20 Å². The highest BCUT2D eigenvalue weighted by atomic mass is 16.5. The third-order valence-corrected chi connectivity index (χ3v) is 4.68. The largest absolute Gasteiger partial charge is 0.488 e. The molecule has 1 N–H and O–H groups in total. The topological polar surface area (TPSA) is 34.1 Å². The lowest BCUT2D eigenvalue weighted by molar-refractivity contribution is -0.0756. The van der Waals surface area contributed by atoms with Crippen LogP contribution in [0.3, 0.4) is 0 Å². The molecular formula is C15H22N2O. The molecule has 0 saturated heterocycles. The fraction of sp³-hybridized carbons (Fsp3) is 0.667. The summed E-state index contributed by atoms with van der Waals surface area (Å²) in [7, 11) is 0. The Bertz CT molecular complexity index is 387. The van der Waals surface area contributed by atoms with Crippen molar-refractivity contribution in [3.8, 4) is 5.75 Å². The van der Waals surface area contributed by atoms with Crippen LogP contribution in [0.4, 0.5) is 0 Å². The number of ether oxygens (including phenoxy) is 1. The Balaban J connectivity index is 1.70. The maximum Gasteiger partial charge on any atom is 0.138 e. The minimum atomic E-state index is 0.383. The number of pyridine rings is 1. The van der Waals surface area contributed by atoms with Crippen molar-refractivity contribution in [2.75, 3.05) is 6.54 Å². The van der Waals surface area contributed by atoms with E-state index in [1.165, 1.54) is 25.7 Å². The Kier molecular flexibility index (Phi) is 3.25. The van der Waals surface area contributed by atoms with Crippen LogP contribution in [0.1, 0.15) is 39.0 Å². The zero-order chi connectivity index (χ0) is 12.4. The van der Waals surface area contributed by atoms with Crippen LogP contribution in [0.15, 0.2) is 24.5 Å². The molecule has 98 valence electrons. The van der Waals surface area contributed by atoms with Crippen molar-refractivity contribution in [1.82, 2.24) is 10.3 Å². The standard InChI is InChI=1S/C15H22N2O/c1-2-17-13-10-14(15(13)7-3-4-8-15)18-12-6-5-9-16-11-12/h5-6,9,11,13-14,17H,2-4,7-8,10H2,1H3. The molecule has 2 saturated carbocycles. The van der Waals surface area contributed by atoms with Crippen LogP contribution in [0.2, 0.25) is 0 Å². The quantitative estimate of drug-likeness (QED) is 0.887. The first-order valence-corrected chi connectivity index (χ1v) is 7.15. The summed E-state index contributed by atoms with van der Waals surface area (Å²) < 4.78 is 6.16. The summed E-state index contributed by atoms with van der Waals surface area (Å²) in [6.07, 6.45) is 10.5. The average molecular weight is 246 g/mol. The van der Waals surface area contributed by atoms with Gasteiger partial charge in [0.2, 0.25) is 0 Å². The van der Waals surface area contributed by atoms with Crippen molar-refractivity contribution in [3.05, 3.63) is 24.5 Å². The highest BCUT2D eigenvalue weighted by molar-refractivity contribution is 5.19. The summed E-state index contributed by atoms with van der Waals surface area (Å²) in [6.45, 7) is 3.25. The summed E-state index contributed by atoms with van der Waals surface area (Å²) in [5.41, 5.74) is 0.395. The lowest BCUT2D eigenvalue weighted by atomic mass is 9.60. The van der Waals surface area contributed by atoms with Crippen LogP contribution in [0.25, 0.3) is 0 Å². The smallest absolute Gasteiger partial charge is 0.138 e. The first-order chi connectivity index (χ1) is 8.85. The number of rotatable bonds is 4. The van der Waals surface area contributed by atoms with Crippen molar-refractivity contribution < 1.29 is 4.74 Å². The normalized spacial score (nSPS) is 29.2. The van der Waals surface area contributed by atoms with Crippen LogP contribution in [-0.2, 0) is 0 Å². The van der Waals surface area contributed by atoms with Gasteiger partial charge in [0, 0.05) is 24.1 Å². The Morgan fingerprint density at radius 3 is 2.94 bits per heavy atom. The fourth-order valence-electron chi connectivity index (χ4n) is 3.73. The van der Waals surface area contributed by atoms with Crippen LogP contribution in [-0.4, -0.2) is 23.7 Å². The Hall–Kier alpha value is -1.09. The van der Waals surface area contributed by atoms with Crippen molar-refractivity contribution >= 4 is 0 Å². The van der Waals surface area contributed by atoms with E-state index in [0.29, 0.717) is 17.6 Å². The zero-order valence-electron chi connectivity index (χ0n) is 11.1. The summed E-state index contributed by atoms with van der Waals surface area (Å²) in [5, 5.41) is 3.63. The first kappa shape index (κ1) is 12.0. The summed E-state index contributed by atoms with van der Waals surface area (Å²) in [5.74, 6) is 0.920. The van der Waals surface area contributed by atoms with Gasteiger partial charge in [0.1, 0.15) is 11.9 Å². The SMILES string of the molecule is CCNC1CC(Oc2cccnc2)C12CCCC2. The van der Waals surface area contributed by atoms with E-state index in [2.05, 4.69) is 17.2 Å². The van der Waals surface area contributed by atoms with Gasteiger partial charge in [-0.25, -0.2) is 0 Å². The molecule has 18 heavy (non-hydrogen) atoms. The molecule has 1 aromatic heterocycles. The van der Waals surface area contributed by atoms with Crippen LogP contribution < -0.4 is 10.1 Å². The second kappa shape index (κ2) is 4.88. The average Bonchev–Trinajstić information content (AvgIpc) is 2.91. The zero-order valence-corrected chi connectivity index (χ0v) is 11.1. The Morgan fingerprint density at radius 1 is 1.44 bits per heavy atom. The van der Waals surface area contributed by atoms with E-state index in [-0.39, 0.29) is 0 Å². The van der Waals surface area contributed by atoms with Crippen LogP contribution in [0.5, 0.6) is 5.75 Å². The Labute approximate surface area is 109 Å². The van der Waals surface area contributed by atoms with E-state index in [1.54, 1.807) is 6.20 Å². The highest BCUT2D eigenvalue weighted by Crippen LogP contribution is 2.54. The molecule has 1 spiro atoms. The molecule has 2 aliphatic rings. The summed E-state index contributed by atoms with van der Waals surface area (Å²) in [6, 6.07) is 4.61. The third kappa shape index (κ3) is 1.91. The van der Waals surface area contributed by atoms with Gasteiger partial charge in [-0.2, -0.15) is 0 Å². The van der Waals surface area contributed by atoms with E-state index in [0.717, 1.165) is 18.7 Å². The van der Waals surface area contributed by atoms with Crippen LogP contribution in [0, 0.1) is 5.41 Å². The van der Waals surface area contributed by atoms with E-state index < -0.39 is 0 Å². The summed E-state index contributed by atoms with van der Waals surface area (Å²) in [4.78, 5) is 4.13. The predicted octanol–water partition coefficient (Wildman–Crippen LogP) is 2.77. The van der Waals surface area contributed by atoms with E-state index in [9.17, 15) is 0 Å². The number of hydrogen-bond acceptors (Lipinski definition) is 3. The van der Waals surface area contributed by atoms with Gasteiger partial charge in [-0.1, -0.05) is 19.8 Å². The Morgan fingerprint density at radius 2 is 2.28 bits per heavy atom. The molecule has 2 fully saturated rings. The minimum Gasteiger partial charge on any atom is -0.488 e. The third-order valence-electron chi connectivity index (χ3n) is 4.68. The van der Waals surface area contributed by atoms with Gasteiger partial charge in [-0.15, -0.1) is 0 Å². The van der Waals surface area contributed by atoms with E-state index in [1.807, 2.05) is 18.3 Å². The van der Waals surface area contributed by atoms with Gasteiger partial charge < -0.3 is 10.1 Å². The van der Waals surface area contributed by atoms with Gasteiger partial charge >= 0.3 is 0 Å². The minimum absolute atomic E-state index is 0.383. The van der Waals surface area contributed by atoms with Gasteiger partial charge in [0.15, 0.2) is 0 Å². The van der Waals surface area contributed by atoms with Crippen molar-refractivity contribution in [1.29, 1.82) is 0 Å². The number of hydrogen-bond donors (Lipinski definition) is 1. The molecule has 2 unspecified atom stereocenters. The van der Waals surface area contributed by atoms with E-state index >= 15 is 0 Å². The molecule has 0 amide bonds. The maximum absolute atomic E-state index is 6.16. The van der Waals surface area contributed by atoms with Crippen LogP contribution >= 0.6 is 0 Å². The lowest BCUT2D eigenvalue weighted by Crippen LogP contribution is -2.63. The molecule has 2 atom stereocenters. The van der Waals surface area contributed by atoms with Crippen molar-refractivity contribution in [2.45, 2.75) is 51.2 Å². The lowest BCUT2D eigenvalue weighted by Gasteiger charge is -2.54. The molecular weight excluding hydrogens is 224 g/mol. The van der Waals surface area contributed by atoms with Gasteiger partial charge in [0.25, 0.3) is 0 Å². The van der Waals surface area contributed by atoms with E-state index in [4.69, 9.17) is 4.74 Å². The molecule has 0 bridgehead atoms. The van der Waals surface area contributed by atoms with Crippen molar-refractivity contribution in [3.63, 3.8) is 0 Å². The molecule has 1 heterocycles.